The Balaban J connectivity index is 1.48. The van der Waals surface area contributed by atoms with Gasteiger partial charge in [-0.1, -0.05) is 48.2 Å². The Morgan fingerprint density at radius 1 is 0.964 bits per heavy atom. The van der Waals surface area contributed by atoms with Crippen molar-refractivity contribution in [1.82, 2.24) is 0 Å². The molecule has 1 atom stereocenters. The quantitative estimate of drug-likeness (QED) is 0.455. The number of aliphatic hydroxyl groups is 1. The van der Waals surface area contributed by atoms with Gasteiger partial charge in [-0.15, -0.1) is 0 Å². The smallest absolute Gasteiger partial charge is 0.119 e. The van der Waals surface area contributed by atoms with Gasteiger partial charge in [0, 0.05) is 22.9 Å². The average Bonchev–Trinajstić information content (AvgIpc) is 2.75. The number of rotatable bonds is 7. The molecular formula is C23H24N2O2S. The molecule has 3 aromatic rings. The third kappa shape index (κ3) is 4.11. The van der Waals surface area contributed by atoms with Gasteiger partial charge in [0.2, 0.25) is 0 Å². The number of hydrogen-bond acceptors (Lipinski definition) is 5. The van der Waals surface area contributed by atoms with Gasteiger partial charge in [0.15, 0.2) is 0 Å². The fourth-order valence-electron chi connectivity index (χ4n) is 3.32. The van der Waals surface area contributed by atoms with E-state index >= 15 is 0 Å². The van der Waals surface area contributed by atoms with Crippen LogP contribution >= 0.6 is 11.8 Å². The molecule has 0 aliphatic carbocycles. The van der Waals surface area contributed by atoms with Gasteiger partial charge in [-0.3, -0.25) is 0 Å². The normalized spacial score (nSPS) is 13.1. The van der Waals surface area contributed by atoms with Crippen molar-refractivity contribution in [3.63, 3.8) is 0 Å². The second-order valence-electron chi connectivity index (χ2n) is 6.69. The van der Waals surface area contributed by atoms with Gasteiger partial charge < -0.3 is 20.1 Å². The van der Waals surface area contributed by atoms with Crippen molar-refractivity contribution in [2.45, 2.75) is 22.8 Å². The predicted molar refractivity (Wildman–Crippen MR) is 116 cm³/mol. The first-order valence-electron chi connectivity index (χ1n) is 9.52. The highest BCUT2D eigenvalue weighted by atomic mass is 32.2. The van der Waals surface area contributed by atoms with E-state index in [0.717, 1.165) is 29.4 Å². The molecule has 1 aliphatic heterocycles. The van der Waals surface area contributed by atoms with Crippen molar-refractivity contribution >= 4 is 28.8 Å². The minimum absolute atomic E-state index is 0.264. The van der Waals surface area contributed by atoms with E-state index in [1.807, 2.05) is 36.4 Å². The van der Waals surface area contributed by atoms with Crippen LogP contribution in [0, 0.1) is 0 Å². The number of nitrogens with zero attached hydrogens (tertiary/aromatic N) is 1. The van der Waals surface area contributed by atoms with Crippen molar-refractivity contribution in [3.05, 3.63) is 72.8 Å². The fourth-order valence-corrected chi connectivity index (χ4v) is 4.34. The SMILES string of the molecule is CCN(CC(O)COc1ccccc1)c1cccc2c1Nc1ccccc1S2. The molecule has 0 amide bonds. The summed E-state index contributed by atoms with van der Waals surface area (Å²) in [6.07, 6.45) is -0.584. The summed E-state index contributed by atoms with van der Waals surface area (Å²) in [6, 6.07) is 24.2. The van der Waals surface area contributed by atoms with Crippen molar-refractivity contribution in [2.24, 2.45) is 0 Å². The van der Waals surface area contributed by atoms with Crippen molar-refractivity contribution in [1.29, 1.82) is 0 Å². The summed E-state index contributed by atoms with van der Waals surface area (Å²) >= 11 is 1.77. The highest BCUT2D eigenvalue weighted by molar-refractivity contribution is 7.99. The Hall–Kier alpha value is -2.63. The van der Waals surface area contributed by atoms with E-state index in [9.17, 15) is 5.11 Å². The summed E-state index contributed by atoms with van der Waals surface area (Å²) in [5.41, 5.74) is 3.32. The number of nitrogens with one attached hydrogen (secondary N) is 1. The standard InChI is InChI=1S/C23H24N2O2S/c1-2-25(15-17(26)16-27-18-9-4-3-5-10-18)20-12-8-14-22-23(20)24-19-11-6-7-13-21(19)28-22/h3-14,17,24,26H,2,15-16H2,1H3. The molecule has 0 saturated heterocycles. The second-order valence-corrected chi connectivity index (χ2v) is 7.77. The second kappa shape index (κ2) is 8.59. The lowest BCUT2D eigenvalue weighted by Gasteiger charge is -2.31. The highest BCUT2D eigenvalue weighted by Crippen LogP contribution is 2.47. The maximum atomic E-state index is 10.5. The Bertz CT molecular complexity index is 933. The molecule has 0 saturated carbocycles. The molecule has 0 radical (unpaired) electrons. The fraction of sp³-hybridized carbons (Fsp3) is 0.217. The molecule has 5 heteroatoms. The van der Waals surface area contributed by atoms with E-state index in [-0.39, 0.29) is 6.61 Å². The molecule has 4 rings (SSSR count). The zero-order valence-electron chi connectivity index (χ0n) is 15.8. The maximum Gasteiger partial charge on any atom is 0.119 e. The van der Waals surface area contributed by atoms with Gasteiger partial charge in [-0.05, 0) is 43.3 Å². The minimum Gasteiger partial charge on any atom is -0.491 e. The summed E-state index contributed by atoms with van der Waals surface area (Å²) in [6.45, 7) is 3.68. The van der Waals surface area contributed by atoms with Gasteiger partial charge in [0.05, 0.1) is 17.1 Å². The van der Waals surface area contributed by atoms with Gasteiger partial charge in [-0.2, -0.15) is 0 Å². The number of likely N-dealkylation sites (N-methyl/N-ethyl adjacent to an activating group) is 1. The predicted octanol–water partition coefficient (Wildman–Crippen LogP) is 5.16. The van der Waals surface area contributed by atoms with Gasteiger partial charge in [-0.25, -0.2) is 0 Å². The Morgan fingerprint density at radius 3 is 2.54 bits per heavy atom. The number of anilines is 3. The van der Waals surface area contributed by atoms with Crippen LogP contribution in [0.25, 0.3) is 0 Å². The number of hydrogen-bond donors (Lipinski definition) is 2. The molecule has 0 fully saturated rings. The third-order valence-corrected chi connectivity index (χ3v) is 5.85. The largest absolute Gasteiger partial charge is 0.491 e. The van der Waals surface area contributed by atoms with Crippen LogP contribution in [0.3, 0.4) is 0 Å². The highest BCUT2D eigenvalue weighted by Gasteiger charge is 2.21. The summed E-state index contributed by atoms with van der Waals surface area (Å²) in [4.78, 5) is 4.62. The summed E-state index contributed by atoms with van der Waals surface area (Å²) < 4.78 is 5.71. The maximum absolute atomic E-state index is 10.5. The lowest BCUT2D eigenvalue weighted by atomic mass is 10.2. The molecule has 0 aromatic heterocycles. The van der Waals surface area contributed by atoms with Crippen LogP contribution in [0.4, 0.5) is 17.1 Å². The first kappa shape index (κ1) is 18.7. The zero-order valence-corrected chi connectivity index (χ0v) is 16.7. The number of benzene rings is 3. The monoisotopic (exact) mass is 392 g/mol. The molecular weight excluding hydrogens is 368 g/mol. The molecule has 2 N–H and O–H groups in total. The van der Waals surface area contributed by atoms with Crippen LogP contribution in [0.15, 0.2) is 82.6 Å². The average molecular weight is 393 g/mol. The molecule has 1 aliphatic rings. The van der Waals surface area contributed by atoms with Crippen LogP contribution in [0.1, 0.15) is 6.92 Å². The summed E-state index contributed by atoms with van der Waals surface area (Å²) in [7, 11) is 0. The first-order valence-corrected chi connectivity index (χ1v) is 10.3. The summed E-state index contributed by atoms with van der Waals surface area (Å²) in [5, 5.41) is 14.1. The molecule has 0 bridgehead atoms. The lowest BCUT2D eigenvalue weighted by Crippen LogP contribution is -2.36. The van der Waals surface area contributed by atoms with Crippen molar-refractivity contribution in [3.8, 4) is 5.75 Å². The Labute approximate surface area is 170 Å². The van der Waals surface area contributed by atoms with E-state index < -0.39 is 6.10 Å². The van der Waals surface area contributed by atoms with E-state index in [1.165, 1.54) is 9.79 Å². The number of fused-ring (bicyclic) bond motifs is 2. The molecule has 1 heterocycles. The van der Waals surface area contributed by atoms with Crippen LogP contribution in [0.5, 0.6) is 5.75 Å². The minimum atomic E-state index is -0.584. The Kier molecular flexibility index (Phi) is 5.74. The molecule has 0 spiro atoms. The third-order valence-electron chi connectivity index (χ3n) is 4.71. The number of ether oxygens (including phenoxy) is 1. The van der Waals surface area contributed by atoms with Crippen LogP contribution in [-0.2, 0) is 0 Å². The first-order chi connectivity index (χ1) is 13.7. The Morgan fingerprint density at radius 2 is 1.71 bits per heavy atom. The molecule has 1 unspecified atom stereocenters. The van der Waals surface area contributed by atoms with Crippen LogP contribution in [-0.4, -0.2) is 30.9 Å². The molecule has 3 aromatic carbocycles. The van der Waals surface area contributed by atoms with E-state index in [0.29, 0.717) is 6.54 Å². The van der Waals surface area contributed by atoms with Crippen molar-refractivity contribution < 1.29 is 9.84 Å². The zero-order chi connectivity index (χ0) is 19.3. The lowest BCUT2D eigenvalue weighted by molar-refractivity contribution is 0.112. The molecule has 28 heavy (non-hydrogen) atoms. The van der Waals surface area contributed by atoms with Gasteiger partial charge >= 0.3 is 0 Å². The molecule has 4 nitrogen and oxygen atoms in total. The van der Waals surface area contributed by atoms with E-state index in [1.54, 1.807) is 11.8 Å². The number of aliphatic hydroxyl groups excluding tert-OH is 1. The van der Waals surface area contributed by atoms with E-state index in [4.69, 9.17) is 4.74 Å². The van der Waals surface area contributed by atoms with Gasteiger partial charge in [0.25, 0.3) is 0 Å². The van der Waals surface area contributed by atoms with E-state index in [2.05, 4.69) is 53.5 Å². The topological polar surface area (TPSA) is 44.7 Å². The summed E-state index contributed by atoms with van der Waals surface area (Å²) in [5.74, 6) is 0.774. The van der Waals surface area contributed by atoms with Crippen molar-refractivity contribution in [2.75, 3.05) is 29.9 Å². The molecule has 144 valence electrons. The number of para-hydroxylation sites is 3. The van der Waals surface area contributed by atoms with Crippen LogP contribution in [0.2, 0.25) is 0 Å². The van der Waals surface area contributed by atoms with Gasteiger partial charge in [0.1, 0.15) is 18.5 Å². The van der Waals surface area contributed by atoms with Crippen LogP contribution < -0.4 is 15.0 Å².